The number of halogens is 1. The van der Waals surface area contributed by atoms with Crippen LogP contribution >= 0.6 is 0 Å². The van der Waals surface area contributed by atoms with Crippen molar-refractivity contribution in [3.8, 4) is 17.3 Å². The Morgan fingerprint density at radius 1 is 1.06 bits per heavy atom. The third kappa shape index (κ3) is 4.13. The molecule has 0 saturated carbocycles. The van der Waals surface area contributed by atoms with Crippen molar-refractivity contribution in [2.24, 2.45) is 0 Å². The molecule has 2 N–H and O–H groups in total. The first-order valence-electron chi connectivity index (χ1n) is 9.61. The van der Waals surface area contributed by atoms with Crippen molar-refractivity contribution < 1.29 is 9.50 Å². The first kappa shape index (κ1) is 20.2. The van der Waals surface area contributed by atoms with Gasteiger partial charge in [0.05, 0.1) is 35.7 Å². The van der Waals surface area contributed by atoms with E-state index in [1.807, 2.05) is 0 Å². The number of nitriles is 1. The van der Waals surface area contributed by atoms with Gasteiger partial charge in [-0.25, -0.2) is 9.67 Å². The van der Waals surface area contributed by atoms with E-state index >= 15 is 0 Å². The third-order valence-corrected chi connectivity index (χ3v) is 4.80. The summed E-state index contributed by atoms with van der Waals surface area (Å²) in [5.74, 6) is -0.435. The van der Waals surface area contributed by atoms with Crippen molar-refractivity contribution in [2.45, 2.75) is 6.54 Å². The molecule has 2 aromatic heterocycles. The Bertz CT molecular complexity index is 1340. The van der Waals surface area contributed by atoms with Crippen LogP contribution in [0.1, 0.15) is 11.1 Å². The molecule has 0 bridgehead atoms. The SMILES string of the molecule is N#Cc1ccc(Cn2nc(-c3ccc(NCCO)nc3F)c3ccccc3c2=O)cc1. The molecule has 154 valence electrons. The number of anilines is 1. The summed E-state index contributed by atoms with van der Waals surface area (Å²) in [5.41, 5.74) is 1.49. The minimum Gasteiger partial charge on any atom is -0.395 e. The Balaban J connectivity index is 1.82. The van der Waals surface area contributed by atoms with E-state index < -0.39 is 5.95 Å². The van der Waals surface area contributed by atoms with E-state index in [1.165, 1.54) is 4.68 Å². The summed E-state index contributed by atoms with van der Waals surface area (Å²) in [7, 11) is 0. The minimum atomic E-state index is -0.732. The van der Waals surface area contributed by atoms with E-state index in [9.17, 15) is 9.18 Å². The topological polar surface area (TPSA) is 104 Å². The lowest BCUT2D eigenvalue weighted by atomic mass is 10.1. The van der Waals surface area contributed by atoms with Gasteiger partial charge >= 0.3 is 0 Å². The molecule has 4 rings (SSSR count). The summed E-state index contributed by atoms with van der Waals surface area (Å²) < 4.78 is 16.2. The van der Waals surface area contributed by atoms with Crippen LogP contribution in [0, 0.1) is 17.3 Å². The normalized spacial score (nSPS) is 10.7. The van der Waals surface area contributed by atoms with E-state index in [0.717, 1.165) is 5.56 Å². The maximum Gasteiger partial charge on any atom is 0.274 e. The van der Waals surface area contributed by atoms with Gasteiger partial charge in [-0.05, 0) is 35.9 Å². The Labute approximate surface area is 177 Å². The molecule has 2 heterocycles. The van der Waals surface area contributed by atoms with Gasteiger partial charge in [-0.15, -0.1) is 0 Å². The molecule has 0 atom stereocenters. The maximum absolute atomic E-state index is 14.9. The fourth-order valence-corrected chi connectivity index (χ4v) is 3.29. The zero-order valence-corrected chi connectivity index (χ0v) is 16.4. The molecule has 8 heteroatoms. The quantitative estimate of drug-likeness (QED) is 0.469. The molecular formula is C23H18FN5O2. The molecule has 0 aliphatic heterocycles. The maximum atomic E-state index is 14.9. The van der Waals surface area contributed by atoms with Gasteiger partial charge in [-0.1, -0.05) is 30.3 Å². The van der Waals surface area contributed by atoms with Crippen LogP contribution in [0.15, 0.2) is 65.5 Å². The number of fused-ring (bicyclic) bond motifs is 1. The molecule has 0 fully saturated rings. The molecular weight excluding hydrogens is 397 g/mol. The van der Waals surface area contributed by atoms with Crippen molar-refractivity contribution in [3.05, 3.63) is 88.1 Å². The highest BCUT2D eigenvalue weighted by atomic mass is 19.1. The Kier molecular flexibility index (Phi) is 5.69. The lowest BCUT2D eigenvalue weighted by Crippen LogP contribution is -2.24. The number of aliphatic hydroxyl groups excluding tert-OH is 1. The predicted octanol–water partition coefficient (Wildman–Crippen LogP) is 2.92. The molecule has 0 amide bonds. The summed E-state index contributed by atoms with van der Waals surface area (Å²) >= 11 is 0. The number of pyridine rings is 1. The number of aromatic nitrogens is 3. The largest absolute Gasteiger partial charge is 0.395 e. The summed E-state index contributed by atoms with van der Waals surface area (Å²) in [6, 6.07) is 19.0. The standard InChI is InChI=1S/C23H18FN5O2/c24-22-19(9-10-20(27-22)26-11-12-30)21-17-3-1-2-4-18(17)23(31)29(28-21)14-16-7-5-15(13-25)6-8-16/h1-10,30H,11-12,14H2,(H,26,27). The molecule has 31 heavy (non-hydrogen) atoms. The summed E-state index contributed by atoms with van der Waals surface area (Å²) in [6.45, 7) is 0.327. The van der Waals surface area contributed by atoms with Crippen molar-refractivity contribution in [1.29, 1.82) is 5.26 Å². The molecule has 0 radical (unpaired) electrons. The van der Waals surface area contributed by atoms with Gasteiger partial charge in [0.1, 0.15) is 11.5 Å². The lowest BCUT2D eigenvalue weighted by Gasteiger charge is -2.12. The summed E-state index contributed by atoms with van der Waals surface area (Å²) in [4.78, 5) is 16.9. The molecule has 7 nitrogen and oxygen atoms in total. The highest BCUT2D eigenvalue weighted by molar-refractivity contribution is 5.93. The van der Waals surface area contributed by atoms with Crippen LogP contribution in [0.5, 0.6) is 0 Å². The zero-order valence-electron chi connectivity index (χ0n) is 16.4. The van der Waals surface area contributed by atoms with Crippen LogP contribution in [-0.2, 0) is 6.54 Å². The van der Waals surface area contributed by atoms with Crippen LogP contribution in [0.2, 0.25) is 0 Å². The second-order valence-electron chi connectivity index (χ2n) is 6.85. The van der Waals surface area contributed by atoms with Gasteiger partial charge < -0.3 is 10.4 Å². The number of hydrogen-bond donors (Lipinski definition) is 2. The van der Waals surface area contributed by atoms with E-state index in [2.05, 4.69) is 21.5 Å². The van der Waals surface area contributed by atoms with Gasteiger partial charge in [-0.3, -0.25) is 4.79 Å². The van der Waals surface area contributed by atoms with Gasteiger partial charge in [0.25, 0.3) is 5.56 Å². The smallest absolute Gasteiger partial charge is 0.274 e. The van der Waals surface area contributed by atoms with Crippen LogP contribution < -0.4 is 10.9 Å². The van der Waals surface area contributed by atoms with Crippen molar-refractivity contribution in [2.75, 3.05) is 18.5 Å². The number of benzene rings is 2. The fraction of sp³-hybridized carbons (Fsp3) is 0.130. The lowest BCUT2D eigenvalue weighted by molar-refractivity contribution is 0.311. The number of hydrogen-bond acceptors (Lipinski definition) is 6. The monoisotopic (exact) mass is 415 g/mol. The Hall–Kier alpha value is -4.09. The number of aliphatic hydroxyl groups is 1. The van der Waals surface area contributed by atoms with Crippen molar-refractivity contribution in [1.82, 2.24) is 14.8 Å². The van der Waals surface area contributed by atoms with E-state index in [-0.39, 0.29) is 30.8 Å². The van der Waals surface area contributed by atoms with Gasteiger partial charge in [0, 0.05) is 11.9 Å². The average molecular weight is 415 g/mol. The second kappa shape index (κ2) is 8.73. The van der Waals surface area contributed by atoms with E-state index in [4.69, 9.17) is 10.4 Å². The Morgan fingerprint density at radius 3 is 2.48 bits per heavy atom. The fourth-order valence-electron chi connectivity index (χ4n) is 3.29. The third-order valence-electron chi connectivity index (χ3n) is 4.80. The zero-order chi connectivity index (χ0) is 21.8. The van der Waals surface area contributed by atoms with E-state index in [0.29, 0.717) is 27.8 Å². The van der Waals surface area contributed by atoms with Crippen molar-refractivity contribution in [3.63, 3.8) is 0 Å². The Morgan fingerprint density at radius 2 is 1.81 bits per heavy atom. The van der Waals surface area contributed by atoms with Crippen LogP contribution in [0.3, 0.4) is 0 Å². The highest BCUT2D eigenvalue weighted by Gasteiger charge is 2.16. The highest BCUT2D eigenvalue weighted by Crippen LogP contribution is 2.27. The molecule has 0 aliphatic carbocycles. The van der Waals surface area contributed by atoms with E-state index in [1.54, 1.807) is 60.7 Å². The molecule has 0 aliphatic rings. The second-order valence-corrected chi connectivity index (χ2v) is 6.85. The van der Waals surface area contributed by atoms with Gasteiger partial charge in [-0.2, -0.15) is 14.8 Å². The summed E-state index contributed by atoms with van der Waals surface area (Å²) in [5, 5.41) is 26.1. The molecule has 0 unspecified atom stereocenters. The first-order valence-corrected chi connectivity index (χ1v) is 9.61. The van der Waals surface area contributed by atoms with Crippen LogP contribution in [0.4, 0.5) is 10.2 Å². The van der Waals surface area contributed by atoms with Crippen LogP contribution in [0.25, 0.3) is 22.0 Å². The minimum absolute atomic E-state index is 0.0997. The van der Waals surface area contributed by atoms with Crippen molar-refractivity contribution >= 4 is 16.6 Å². The average Bonchev–Trinajstić information content (AvgIpc) is 2.80. The predicted molar refractivity (Wildman–Crippen MR) is 115 cm³/mol. The molecule has 2 aromatic carbocycles. The molecule has 0 spiro atoms. The molecule has 4 aromatic rings. The van der Waals surface area contributed by atoms with Gasteiger partial charge in [0.2, 0.25) is 5.95 Å². The number of rotatable bonds is 6. The first-order chi connectivity index (χ1) is 15.1. The van der Waals surface area contributed by atoms with Crippen LogP contribution in [-0.4, -0.2) is 33.0 Å². The summed E-state index contributed by atoms with van der Waals surface area (Å²) in [6.07, 6.45) is 0. The van der Waals surface area contributed by atoms with Gasteiger partial charge in [0.15, 0.2) is 0 Å². The number of nitrogens with one attached hydrogen (secondary N) is 1. The molecule has 0 saturated heterocycles. The number of nitrogens with zero attached hydrogens (tertiary/aromatic N) is 4.